The number of fused-ring (bicyclic) bond motifs is 1. The number of thiophene rings is 1. The van der Waals surface area contributed by atoms with Crippen LogP contribution in [0.25, 0.3) is 0 Å². The number of carboxylic acids is 1. The number of rotatable bonds is 8. The van der Waals surface area contributed by atoms with Gasteiger partial charge in [-0.05, 0) is 49.0 Å². The number of hydrogen-bond acceptors (Lipinski definition) is 4. The van der Waals surface area contributed by atoms with Crippen molar-refractivity contribution in [3.8, 4) is 0 Å². The minimum Gasteiger partial charge on any atom is -0.481 e. The summed E-state index contributed by atoms with van der Waals surface area (Å²) >= 11 is 1.49. The third-order valence-electron chi connectivity index (χ3n) is 6.24. The van der Waals surface area contributed by atoms with Crippen LogP contribution < -0.4 is 10.6 Å². The quantitative estimate of drug-likeness (QED) is 0.608. The van der Waals surface area contributed by atoms with Gasteiger partial charge in [0.25, 0.3) is 5.91 Å². The van der Waals surface area contributed by atoms with Crippen LogP contribution in [0.15, 0.2) is 0 Å². The molecule has 0 radical (unpaired) electrons. The number of anilines is 1. The molecule has 154 valence electrons. The molecule has 2 aliphatic carbocycles. The monoisotopic (exact) mass is 406 g/mol. The SMILES string of the molecule is CCC(C)(C)C1CCc2c(sc(NC(=O)CCC(=O)O)c2C(=O)NC2CC2)C1. The minimum atomic E-state index is -1.00. The van der Waals surface area contributed by atoms with E-state index in [0.717, 1.165) is 44.1 Å². The third kappa shape index (κ3) is 4.74. The Balaban J connectivity index is 1.85. The van der Waals surface area contributed by atoms with Crippen LogP contribution in [0.2, 0.25) is 0 Å². The molecule has 1 heterocycles. The summed E-state index contributed by atoms with van der Waals surface area (Å²) in [4.78, 5) is 37.0. The summed E-state index contributed by atoms with van der Waals surface area (Å²) in [5.74, 6) is -0.913. The van der Waals surface area contributed by atoms with Crippen molar-refractivity contribution in [2.24, 2.45) is 11.3 Å². The van der Waals surface area contributed by atoms with E-state index in [1.807, 2.05) is 0 Å². The molecule has 1 fully saturated rings. The largest absolute Gasteiger partial charge is 0.481 e. The van der Waals surface area contributed by atoms with Gasteiger partial charge in [0.15, 0.2) is 0 Å². The van der Waals surface area contributed by atoms with Gasteiger partial charge in [-0.3, -0.25) is 14.4 Å². The molecule has 0 aliphatic heterocycles. The molecule has 7 heteroatoms. The number of nitrogens with one attached hydrogen (secondary N) is 2. The first-order chi connectivity index (χ1) is 13.2. The van der Waals surface area contributed by atoms with E-state index in [1.54, 1.807) is 0 Å². The summed E-state index contributed by atoms with van der Waals surface area (Å²) in [6.07, 6.45) is 5.62. The van der Waals surface area contributed by atoms with Gasteiger partial charge in [-0.2, -0.15) is 0 Å². The van der Waals surface area contributed by atoms with Crippen LogP contribution in [0.1, 0.15) is 80.1 Å². The fourth-order valence-corrected chi connectivity index (χ4v) is 5.11. The van der Waals surface area contributed by atoms with E-state index in [9.17, 15) is 14.4 Å². The van der Waals surface area contributed by atoms with Crippen molar-refractivity contribution in [1.82, 2.24) is 5.32 Å². The van der Waals surface area contributed by atoms with Gasteiger partial charge in [0.05, 0.1) is 12.0 Å². The first-order valence-electron chi connectivity index (χ1n) is 10.2. The van der Waals surface area contributed by atoms with Crippen LogP contribution in [0.4, 0.5) is 5.00 Å². The molecule has 6 nitrogen and oxygen atoms in total. The maximum atomic E-state index is 12.9. The first-order valence-corrected chi connectivity index (χ1v) is 11.0. The van der Waals surface area contributed by atoms with E-state index < -0.39 is 5.97 Å². The zero-order valence-electron chi connectivity index (χ0n) is 16.9. The van der Waals surface area contributed by atoms with E-state index in [1.165, 1.54) is 16.2 Å². The van der Waals surface area contributed by atoms with Gasteiger partial charge in [-0.1, -0.05) is 27.2 Å². The molecule has 0 saturated heterocycles. The highest BCUT2D eigenvalue weighted by molar-refractivity contribution is 7.17. The second-order valence-electron chi connectivity index (χ2n) is 8.68. The van der Waals surface area contributed by atoms with Crippen molar-refractivity contribution in [2.45, 2.75) is 78.2 Å². The normalized spacial score (nSPS) is 19.0. The number of hydrogen-bond donors (Lipinski definition) is 3. The van der Waals surface area contributed by atoms with Crippen molar-refractivity contribution < 1.29 is 19.5 Å². The zero-order valence-corrected chi connectivity index (χ0v) is 17.7. The Bertz CT molecular complexity index is 780. The number of aliphatic carboxylic acids is 1. The summed E-state index contributed by atoms with van der Waals surface area (Å²) < 4.78 is 0. The van der Waals surface area contributed by atoms with Crippen molar-refractivity contribution >= 4 is 34.1 Å². The van der Waals surface area contributed by atoms with Gasteiger partial charge in [0.1, 0.15) is 5.00 Å². The van der Waals surface area contributed by atoms with Crippen molar-refractivity contribution in [2.75, 3.05) is 5.32 Å². The van der Waals surface area contributed by atoms with E-state index in [-0.39, 0.29) is 36.1 Å². The van der Waals surface area contributed by atoms with Gasteiger partial charge in [-0.25, -0.2) is 0 Å². The van der Waals surface area contributed by atoms with E-state index in [0.29, 0.717) is 16.5 Å². The van der Waals surface area contributed by atoms with Gasteiger partial charge >= 0.3 is 5.97 Å². The molecule has 3 N–H and O–H groups in total. The summed E-state index contributed by atoms with van der Waals surface area (Å²) in [5, 5.41) is 15.2. The third-order valence-corrected chi connectivity index (χ3v) is 7.41. The summed E-state index contributed by atoms with van der Waals surface area (Å²) in [7, 11) is 0. The number of carbonyl (C=O) groups is 3. The standard InChI is InChI=1S/C21H30N2O4S/c1-4-21(2,3)12-5-8-14-15(11-12)28-20(23-16(24)9-10-17(25)26)18(14)19(27)22-13-6-7-13/h12-13H,4-11H2,1-3H3,(H,22,27)(H,23,24)(H,25,26). The van der Waals surface area contributed by atoms with E-state index in [4.69, 9.17) is 5.11 Å². The summed E-state index contributed by atoms with van der Waals surface area (Å²) in [6, 6.07) is 0.244. The van der Waals surface area contributed by atoms with Gasteiger partial charge in [0.2, 0.25) is 5.91 Å². The Morgan fingerprint density at radius 3 is 2.50 bits per heavy atom. The lowest BCUT2D eigenvalue weighted by molar-refractivity contribution is -0.138. The summed E-state index contributed by atoms with van der Waals surface area (Å²) in [6.45, 7) is 6.81. The molecule has 3 rings (SSSR count). The van der Waals surface area contributed by atoms with Crippen molar-refractivity contribution in [1.29, 1.82) is 0 Å². The number of amides is 2. The molecule has 1 atom stereocenters. The molecule has 1 unspecified atom stereocenters. The van der Waals surface area contributed by atoms with E-state index in [2.05, 4.69) is 31.4 Å². The molecule has 0 aromatic carbocycles. The molecule has 0 spiro atoms. The minimum absolute atomic E-state index is 0.0902. The summed E-state index contributed by atoms with van der Waals surface area (Å²) in [5.41, 5.74) is 1.91. The average Bonchev–Trinajstić information content (AvgIpc) is 3.37. The smallest absolute Gasteiger partial charge is 0.303 e. The molecule has 28 heavy (non-hydrogen) atoms. The Labute approximate surface area is 170 Å². The molecule has 2 amide bonds. The second-order valence-corrected chi connectivity index (χ2v) is 9.78. The lowest BCUT2D eigenvalue weighted by atomic mass is 9.69. The van der Waals surface area contributed by atoms with Crippen LogP contribution >= 0.6 is 11.3 Å². The number of carbonyl (C=O) groups excluding carboxylic acids is 2. The van der Waals surface area contributed by atoms with Crippen LogP contribution in [0, 0.1) is 11.3 Å². The Hall–Kier alpha value is -1.89. The molecule has 1 saturated carbocycles. The molecular weight excluding hydrogens is 376 g/mol. The highest BCUT2D eigenvalue weighted by atomic mass is 32.1. The molecule has 2 aliphatic rings. The topological polar surface area (TPSA) is 95.5 Å². The van der Waals surface area contributed by atoms with Crippen LogP contribution in [0.3, 0.4) is 0 Å². The van der Waals surface area contributed by atoms with Gasteiger partial charge in [-0.15, -0.1) is 11.3 Å². The molecule has 0 bridgehead atoms. The molecule has 1 aromatic heterocycles. The predicted molar refractivity (Wildman–Crippen MR) is 110 cm³/mol. The van der Waals surface area contributed by atoms with Crippen LogP contribution in [0.5, 0.6) is 0 Å². The van der Waals surface area contributed by atoms with Crippen LogP contribution in [-0.4, -0.2) is 28.9 Å². The van der Waals surface area contributed by atoms with Gasteiger partial charge < -0.3 is 15.7 Å². The van der Waals surface area contributed by atoms with E-state index >= 15 is 0 Å². The Morgan fingerprint density at radius 1 is 1.18 bits per heavy atom. The fraction of sp³-hybridized carbons (Fsp3) is 0.667. The maximum Gasteiger partial charge on any atom is 0.303 e. The van der Waals surface area contributed by atoms with Crippen molar-refractivity contribution in [3.63, 3.8) is 0 Å². The molecular formula is C21H30N2O4S. The first kappa shape index (κ1) is 20.8. The highest BCUT2D eigenvalue weighted by Gasteiger charge is 2.36. The van der Waals surface area contributed by atoms with Crippen LogP contribution in [-0.2, 0) is 22.4 Å². The zero-order chi connectivity index (χ0) is 20.5. The fourth-order valence-electron chi connectivity index (χ4n) is 3.76. The average molecular weight is 407 g/mol. The lowest BCUT2D eigenvalue weighted by Crippen LogP contribution is -2.30. The Kier molecular flexibility index (Phi) is 6.12. The maximum absolute atomic E-state index is 12.9. The van der Waals surface area contributed by atoms with Crippen molar-refractivity contribution in [3.05, 3.63) is 16.0 Å². The van der Waals surface area contributed by atoms with Gasteiger partial charge in [0, 0.05) is 17.3 Å². The number of carboxylic acid groups (broad SMARTS) is 1. The molecule has 1 aromatic rings. The second kappa shape index (κ2) is 8.23. The Morgan fingerprint density at radius 2 is 1.89 bits per heavy atom. The highest BCUT2D eigenvalue weighted by Crippen LogP contribution is 2.45. The predicted octanol–water partition coefficient (Wildman–Crippen LogP) is 3.98. The lowest BCUT2D eigenvalue weighted by Gasteiger charge is -2.36.